The van der Waals surface area contributed by atoms with Gasteiger partial charge in [0, 0.05) is 26.0 Å². The van der Waals surface area contributed by atoms with Crippen LogP contribution in [0.3, 0.4) is 0 Å². The lowest BCUT2D eigenvalue weighted by atomic mass is 10.4. The highest BCUT2D eigenvalue weighted by Gasteiger charge is 2.15. The average Bonchev–Trinajstić information content (AvgIpc) is 2.98. The van der Waals surface area contributed by atoms with Gasteiger partial charge in [0.05, 0.1) is 5.69 Å². The molecular formula is C12H16N6. The number of nitrogens with zero attached hydrogens (tertiary/aromatic N) is 5. The molecule has 0 spiro atoms. The van der Waals surface area contributed by atoms with Crippen molar-refractivity contribution in [3.8, 4) is 11.6 Å². The zero-order chi connectivity index (χ0) is 12.7. The zero-order valence-corrected chi connectivity index (χ0v) is 10.8. The fraction of sp³-hybridized carbons (Fsp3) is 0.417. The number of imidazole rings is 2. The van der Waals surface area contributed by atoms with Gasteiger partial charge < -0.3 is 9.55 Å². The molecule has 94 valence electrons. The van der Waals surface area contributed by atoms with Crippen molar-refractivity contribution in [2.75, 3.05) is 0 Å². The minimum Gasteiger partial charge on any atom is -0.332 e. The summed E-state index contributed by atoms with van der Waals surface area (Å²) in [6.45, 7) is 5.01. The van der Waals surface area contributed by atoms with E-state index in [2.05, 4.69) is 27.0 Å². The van der Waals surface area contributed by atoms with E-state index in [1.165, 1.54) is 0 Å². The number of rotatable bonds is 3. The van der Waals surface area contributed by atoms with Crippen LogP contribution < -0.4 is 0 Å². The van der Waals surface area contributed by atoms with Gasteiger partial charge in [-0.1, -0.05) is 6.92 Å². The van der Waals surface area contributed by atoms with Crippen LogP contribution in [0.25, 0.3) is 22.8 Å². The number of nitrogens with one attached hydrogen (secondary N) is 1. The number of fused-ring (bicyclic) bond motifs is 1. The second kappa shape index (κ2) is 3.97. The number of aryl methyl sites for hydroxylation is 3. The minimum atomic E-state index is 0.794. The number of aromatic nitrogens is 6. The second-order valence-electron chi connectivity index (χ2n) is 4.45. The average molecular weight is 244 g/mol. The maximum Gasteiger partial charge on any atom is 0.177 e. The Hall–Kier alpha value is -2.11. The summed E-state index contributed by atoms with van der Waals surface area (Å²) in [4.78, 5) is 12.2. The molecule has 0 saturated heterocycles. The van der Waals surface area contributed by atoms with E-state index in [1.54, 1.807) is 6.20 Å². The Labute approximate surface area is 105 Å². The highest BCUT2D eigenvalue weighted by Crippen LogP contribution is 2.21. The van der Waals surface area contributed by atoms with Gasteiger partial charge in [0.15, 0.2) is 17.3 Å². The highest BCUT2D eigenvalue weighted by molar-refractivity contribution is 5.77. The van der Waals surface area contributed by atoms with Gasteiger partial charge in [-0.15, -0.1) is 0 Å². The third-order valence-corrected chi connectivity index (χ3v) is 3.03. The van der Waals surface area contributed by atoms with Crippen LogP contribution in [0.1, 0.15) is 19.0 Å². The molecule has 18 heavy (non-hydrogen) atoms. The van der Waals surface area contributed by atoms with Crippen molar-refractivity contribution in [1.29, 1.82) is 0 Å². The number of H-pyrrole nitrogens is 1. The summed E-state index contributed by atoms with van der Waals surface area (Å²) >= 11 is 0. The van der Waals surface area contributed by atoms with Crippen LogP contribution >= 0.6 is 0 Å². The molecule has 0 bridgehead atoms. The molecule has 6 nitrogen and oxygen atoms in total. The van der Waals surface area contributed by atoms with E-state index in [4.69, 9.17) is 0 Å². The Bertz CT molecular complexity index is 687. The van der Waals surface area contributed by atoms with Crippen molar-refractivity contribution in [2.45, 2.75) is 26.8 Å². The van der Waals surface area contributed by atoms with Gasteiger partial charge in [-0.2, -0.15) is 5.10 Å². The maximum atomic E-state index is 4.62. The quantitative estimate of drug-likeness (QED) is 0.765. The molecule has 6 heteroatoms. The van der Waals surface area contributed by atoms with Crippen LogP contribution in [0.15, 0.2) is 12.4 Å². The first-order valence-electron chi connectivity index (χ1n) is 6.11. The van der Waals surface area contributed by atoms with Crippen molar-refractivity contribution in [3.05, 3.63) is 18.1 Å². The molecule has 0 saturated carbocycles. The van der Waals surface area contributed by atoms with Crippen molar-refractivity contribution in [3.63, 3.8) is 0 Å². The normalized spacial score (nSPS) is 11.5. The first-order chi connectivity index (χ1) is 8.70. The Balaban J connectivity index is 2.17. The van der Waals surface area contributed by atoms with Gasteiger partial charge in [0.2, 0.25) is 0 Å². The van der Waals surface area contributed by atoms with Crippen LogP contribution in [-0.2, 0) is 13.6 Å². The third kappa shape index (κ3) is 1.53. The SMILES string of the molecule is CCCn1nc(C)c2[nH]c(-c3nccn3C)nc21. The van der Waals surface area contributed by atoms with Gasteiger partial charge in [0.25, 0.3) is 0 Å². The van der Waals surface area contributed by atoms with E-state index in [0.29, 0.717) is 0 Å². The van der Waals surface area contributed by atoms with Crippen molar-refractivity contribution in [1.82, 2.24) is 29.3 Å². The fourth-order valence-electron chi connectivity index (χ4n) is 2.15. The minimum absolute atomic E-state index is 0.794. The summed E-state index contributed by atoms with van der Waals surface area (Å²) in [5.74, 6) is 1.64. The van der Waals surface area contributed by atoms with Crippen LogP contribution in [0, 0.1) is 6.92 Å². The predicted molar refractivity (Wildman–Crippen MR) is 69.1 cm³/mol. The molecule has 3 aromatic heterocycles. The lowest BCUT2D eigenvalue weighted by Crippen LogP contribution is -2.00. The summed E-state index contributed by atoms with van der Waals surface area (Å²) in [6, 6.07) is 0. The number of hydrogen-bond acceptors (Lipinski definition) is 3. The van der Waals surface area contributed by atoms with Gasteiger partial charge in [-0.25, -0.2) is 14.6 Å². The molecule has 0 radical (unpaired) electrons. The lowest BCUT2D eigenvalue weighted by molar-refractivity contribution is 0.612. The van der Waals surface area contributed by atoms with E-state index < -0.39 is 0 Å². The molecule has 1 N–H and O–H groups in total. The zero-order valence-electron chi connectivity index (χ0n) is 10.8. The smallest absolute Gasteiger partial charge is 0.177 e. The van der Waals surface area contributed by atoms with Gasteiger partial charge in [-0.3, -0.25) is 0 Å². The Morgan fingerprint density at radius 2 is 2.22 bits per heavy atom. The van der Waals surface area contributed by atoms with Crippen LogP contribution in [0.5, 0.6) is 0 Å². The molecule has 3 rings (SSSR count). The fourth-order valence-corrected chi connectivity index (χ4v) is 2.15. The van der Waals surface area contributed by atoms with Gasteiger partial charge in [-0.05, 0) is 13.3 Å². The van der Waals surface area contributed by atoms with E-state index in [-0.39, 0.29) is 0 Å². The Kier molecular flexibility index (Phi) is 2.43. The molecule has 0 amide bonds. The van der Waals surface area contributed by atoms with E-state index in [1.807, 2.05) is 29.4 Å². The van der Waals surface area contributed by atoms with Crippen LogP contribution in [0.4, 0.5) is 0 Å². The van der Waals surface area contributed by atoms with Gasteiger partial charge >= 0.3 is 0 Å². The molecule has 0 aliphatic heterocycles. The third-order valence-electron chi connectivity index (χ3n) is 3.03. The van der Waals surface area contributed by atoms with Crippen molar-refractivity contribution in [2.24, 2.45) is 7.05 Å². The predicted octanol–water partition coefficient (Wildman–Crippen LogP) is 1.88. The van der Waals surface area contributed by atoms with E-state index in [9.17, 15) is 0 Å². The molecule has 3 aromatic rings. The van der Waals surface area contributed by atoms with Crippen molar-refractivity contribution >= 4 is 11.2 Å². The van der Waals surface area contributed by atoms with E-state index >= 15 is 0 Å². The molecule has 0 aliphatic rings. The first kappa shape index (κ1) is 11.0. The topological polar surface area (TPSA) is 64.3 Å². The number of hydrogen-bond donors (Lipinski definition) is 1. The molecule has 0 aliphatic carbocycles. The second-order valence-corrected chi connectivity index (χ2v) is 4.45. The van der Waals surface area contributed by atoms with Crippen LogP contribution in [-0.4, -0.2) is 29.3 Å². The standard InChI is InChI=1S/C12H16N6/c1-4-6-18-11-9(8(2)16-18)14-10(15-11)12-13-5-7-17(12)3/h5,7H,4,6H2,1-3H3,(H,14,15). The first-order valence-corrected chi connectivity index (χ1v) is 6.11. The maximum absolute atomic E-state index is 4.62. The van der Waals surface area contributed by atoms with Crippen molar-refractivity contribution < 1.29 is 0 Å². The monoisotopic (exact) mass is 244 g/mol. The number of aromatic amines is 1. The Morgan fingerprint density at radius 1 is 1.39 bits per heavy atom. The lowest BCUT2D eigenvalue weighted by Gasteiger charge is -1.98. The summed E-state index contributed by atoms with van der Waals surface area (Å²) in [5.41, 5.74) is 2.89. The molecule has 3 heterocycles. The summed E-state index contributed by atoms with van der Waals surface area (Å²) in [5, 5.41) is 4.48. The molecule has 0 unspecified atom stereocenters. The largest absolute Gasteiger partial charge is 0.332 e. The van der Waals surface area contributed by atoms with Crippen LogP contribution in [0.2, 0.25) is 0 Å². The highest BCUT2D eigenvalue weighted by atomic mass is 15.3. The Morgan fingerprint density at radius 3 is 2.89 bits per heavy atom. The summed E-state index contributed by atoms with van der Waals surface area (Å²) in [6.07, 6.45) is 4.72. The van der Waals surface area contributed by atoms with Gasteiger partial charge in [0.1, 0.15) is 5.52 Å². The molecule has 0 atom stereocenters. The van der Waals surface area contributed by atoms with E-state index in [0.717, 1.165) is 41.5 Å². The molecule has 0 aromatic carbocycles. The molecule has 0 fully saturated rings. The summed E-state index contributed by atoms with van der Waals surface area (Å²) < 4.78 is 3.90. The summed E-state index contributed by atoms with van der Waals surface area (Å²) in [7, 11) is 1.96. The molecular weight excluding hydrogens is 228 g/mol.